The zero-order valence-corrected chi connectivity index (χ0v) is 19.0. The topological polar surface area (TPSA) is 125 Å². The fraction of sp³-hybridized carbons (Fsp3) is 0.0800. The number of hydrogen-bond acceptors (Lipinski definition) is 6. The molecule has 9 nitrogen and oxygen atoms in total. The van der Waals surface area contributed by atoms with Gasteiger partial charge in [-0.25, -0.2) is 4.90 Å². The standard InChI is InChI=1S/C25H18N4O5S/c30-23-14-22(25(32)28(23)18-8-7-15-9-10-26-21(15)13-18)35-20-6-2-4-17(12-20)27-24(31)16-3-1-5-19(11-16)29(33)34/h1-13,22,26H,14H2,(H,27,31). The molecule has 2 N–H and O–H groups in total. The highest BCUT2D eigenvalue weighted by molar-refractivity contribution is 8.00. The summed E-state index contributed by atoms with van der Waals surface area (Å²) < 4.78 is 0. The highest BCUT2D eigenvalue weighted by Gasteiger charge is 2.40. The Morgan fingerprint density at radius 3 is 2.71 bits per heavy atom. The van der Waals surface area contributed by atoms with E-state index in [0.717, 1.165) is 10.9 Å². The number of aromatic amines is 1. The first kappa shape index (κ1) is 22.4. The van der Waals surface area contributed by atoms with E-state index >= 15 is 0 Å². The highest BCUT2D eigenvalue weighted by atomic mass is 32.2. The van der Waals surface area contributed by atoms with Crippen LogP contribution < -0.4 is 10.2 Å². The lowest BCUT2D eigenvalue weighted by atomic mass is 10.2. The summed E-state index contributed by atoms with van der Waals surface area (Å²) in [6, 6.07) is 19.7. The van der Waals surface area contributed by atoms with Crippen LogP contribution in [0, 0.1) is 10.1 Å². The molecule has 0 spiro atoms. The zero-order valence-electron chi connectivity index (χ0n) is 18.1. The molecule has 10 heteroatoms. The Hall–Kier alpha value is -4.44. The first-order valence-electron chi connectivity index (χ1n) is 10.7. The van der Waals surface area contributed by atoms with Gasteiger partial charge in [-0.05, 0) is 47.9 Å². The van der Waals surface area contributed by atoms with E-state index in [2.05, 4.69) is 10.3 Å². The van der Waals surface area contributed by atoms with Gasteiger partial charge in [0.25, 0.3) is 11.6 Å². The molecular formula is C25H18N4O5S. The number of nitrogens with one attached hydrogen (secondary N) is 2. The second-order valence-electron chi connectivity index (χ2n) is 7.92. The molecule has 1 saturated heterocycles. The number of nitro groups is 1. The Kier molecular flexibility index (Phi) is 5.79. The summed E-state index contributed by atoms with van der Waals surface area (Å²) in [6.45, 7) is 0. The number of benzene rings is 3. The van der Waals surface area contributed by atoms with Crippen LogP contribution in [-0.2, 0) is 9.59 Å². The Labute approximate surface area is 203 Å². The number of amides is 3. The molecule has 0 saturated carbocycles. The molecule has 1 fully saturated rings. The summed E-state index contributed by atoms with van der Waals surface area (Å²) in [5.74, 6) is -1.06. The van der Waals surface area contributed by atoms with Crippen LogP contribution in [0.2, 0.25) is 0 Å². The summed E-state index contributed by atoms with van der Waals surface area (Å²) in [5.41, 5.74) is 1.81. The minimum absolute atomic E-state index is 0.0660. The first-order chi connectivity index (χ1) is 16.9. The fourth-order valence-corrected chi connectivity index (χ4v) is 5.03. The number of nitro benzene ring substituents is 1. The molecular weight excluding hydrogens is 468 g/mol. The molecule has 1 unspecified atom stereocenters. The fourth-order valence-electron chi connectivity index (χ4n) is 3.92. The molecule has 1 aromatic heterocycles. The number of rotatable bonds is 6. The van der Waals surface area contributed by atoms with Crippen molar-refractivity contribution in [1.29, 1.82) is 0 Å². The third-order valence-electron chi connectivity index (χ3n) is 5.59. The Morgan fingerprint density at radius 2 is 1.89 bits per heavy atom. The lowest BCUT2D eigenvalue weighted by Crippen LogP contribution is -2.31. The number of carbonyl (C=O) groups excluding carboxylic acids is 3. The van der Waals surface area contributed by atoms with Gasteiger partial charge in [-0.15, -0.1) is 11.8 Å². The highest BCUT2D eigenvalue weighted by Crippen LogP contribution is 2.35. The van der Waals surface area contributed by atoms with E-state index in [4.69, 9.17) is 0 Å². The van der Waals surface area contributed by atoms with Crippen molar-refractivity contribution in [2.24, 2.45) is 0 Å². The van der Waals surface area contributed by atoms with Gasteiger partial charge in [-0.3, -0.25) is 24.5 Å². The lowest BCUT2D eigenvalue weighted by molar-refractivity contribution is -0.384. The van der Waals surface area contributed by atoms with Gasteiger partial charge < -0.3 is 10.3 Å². The minimum Gasteiger partial charge on any atom is -0.361 e. The Balaban J connectivity index is 1.30. The predicted octanol–water partition coefficient (Wildman–Crippen LogP) is 4.75. The Bertz CT molecular complexity index is 1500. The van der Waals surface area contributed by atoms with Gasteiger partial charge >= 0.3 is 0 Å². The van der Waals surface area contributed by atoms with Crippen molar-refractivity contribution in [3.05, 3.63) is 94.7 Å². The minimum atomic E-state index is -0.593. The summed E-state index contributed by atoms with van der Waals surface area (Å²) in [7, 11) is 0. The van der Waals surface area contributed by atoms with Crippen LogP contribution in [0.4, 0.5) is 17.1 Å². The van der Waals surface area contributed by atoms with E-state index in [1.54, 1.807) is 42.6 Å². The average Bonchev–Trinajstić information content (AvgIpc) is 3.42. The van der Waals surface area contributed by atoms with Gasteiger partial charge in [0, 0.05) is 46.4 Å². The van der Waals surface area contributed by atoms with Crippen LogP contribution in [0.15, 0.2) is 83.9 Å². The van der Waals surface area contributed by atoms with Gasteiger partial charge in [0.1, 0.15) is 0 Å². The number of carbonyl (C=O) groups is 3. The van der Waals surface area contributed by atoms with Crippen LogP contribution in [0.3, 0.4) is 0 Å². The zero-order chi connectivity index (χ0) is 24.5. The van der Waals surface area contributed by atoms with E-state index in [1.165, 1.54) is 40.9 Å². The van der Waals surface area contributed by atoms with Crippen LogP contribution in [-0.4, -0.2) is 32.9 Å². The van der Waals surface area contributed by atoms with Gasteiger partial charge in [0.05, 0.1) is 15.9 Å². The van der Waals surface area contributed by atoms with Crippen molar-refractivity contribution in [3.63, 3.8) is 0 Å². The Morgan fingerprint density at radius 1 is 1.06 bits per heavy atom. The quantitative estimate of drug-likeness (QED) is 0.230. The summed E-state index contributed by atoms with van der Waals surface area (Å²) >= 11 is 1.25. The molecule has 1 aliphatic heterocycles. The van der Waals surface area contributed by atoms with Crippen LogP contribution in [0.1, 0.15) is 16.8 Å². The maximum Gasteiger partial charge on any atom is 0.270 e. The number of nitrogens with zero attached hydrogens (tertiary/aromatic N) is 2. The first-order valence-corrected chi connectivity index (χ1v) is 11.5. The van der Waals surface area contributed by atoms with E-state index in [9.17, 15) is 24.5 Å². The largest absolute Gasteiger partial charge is 0.361 e. The van der Waals surface area contributed by atoms with Crippen LogP contribution in [0.25, 0.3) is 10.9 Å². The maximum atomic E-state index is 13.1. The molecule has 0 radical (unpaired) electrons. The molecule has 3 amide bonds. The lowest BCUT2D eigenvalue weighted by Gasteiger charge is -2.15. The summed E-state index contributed by atoms with van der Waals surface area (Å²) in [5, 5.41) is 14.1. The number of non-ortho nitro benzene ring substituents is 1. The molecule has 174 valence electrons. The van der Waals surface area contributed by atoms with Crippen molar-refractivity contribution in [3.8, 4) is 0 Å². The SMILES string of the molecule is O=C(Nc1cccc(SC2CC(=O)N(c3ccc4cc[nH]c4c3)C2=O)c1)c1cccc([N+](=O)[O-])c1. The number of hydrogen-bond donors (Lipinski definition) is 2. The van der Waals surface area contributed by atoms with E-state index in [0.29, 0.717) is 16.3 Å². The molecule has 1 atom stereocenters. The van der Waals surface area contributed by atoms with Crippen LogP contribution >= 0.6 is 11.8 Å². The average molecular weight is 487 g/mol. The number of aromatic nitrogens is 1. The molecule has 0 aliphatic carbocycles. The number of fused-ring (bicyclic) bond motifs is 1. The van der Waals surface area contributed by atoms with Crippen molar-refractivity contribution < 1.29 is 19.3 Å². The molecule has 35 heavy (non-hydrogen) atoms. The van der Waals surface area contributed by atoms with E-state index in [1.807, 2.05) is 12.1 Å². The van der Waals surface area contributed by atoms with E-state index in [-0.39, 0.29) is 29.5 Å². The summed E-state index contributed by atoms with van der Waals surface area (Å²) in [4.78, 5) is 53.7. The smallest absolute Gasteiger partial charge is 0.270 e. The number of anilines is 2. The molecule has 2 heterocycles. The van der Waals surface area contributed by atoms with Gasteiger partial charge in [0.2, 0.25) is 11.8 Å². The predicted molar refractivity (Wildman–Crippen MR) is 133 cm³/mol. The summed E-state index contributed by atoms with van der Waals surface area (Å²) in [6.07, 6.45) is 1.86. The normalized spacial score (nSPS) is 15.5. The monoisotopic (exact) mass is 486 g/mol. The number of H-pyrrole nitrogens is 1. The van der Waals surface area contributed by atoms with Gasteiger partial charge in [-0.2, -0.15) is 0 Å². The molecule has 0 bridgehead atoms. The van der Waals surface area contributed by atoms with Gasteiger partial charge in [0.15, 0.2) is 0 Å². The van der Waals surface area contributed by atoms with Crippen molar-refractivity contribution in [1.82, 2.24) is 4.98 Å². The van der Waals surface area contributed by atoms with Gasteiger partial charge in [-0.1, -0.05) is 18.2 Å². The third-order valence-corrected chi connectivity index (χ3v) is 6.77. The third kappa shape index (κ3) is 4.51. The maximum absolute atomic E-state index is 13.1. The van der Waals surface area contributed by atoms with E-state index < -0.39 is 16.1 Å². The molecule has 3 aromatic carbocycles. The van der Waals surface area contributed by atoms with Crippen molar-refractivity contribution in [2.75, 3.05) is 10.2 Å². The molecule has 1 aliphatic rings. The second-order valence-corrected chi connectivity index (χ2v) is 9.19. The number of thioether (sulfide) groups is 1. The van der Waals surface area contributed by atoms with Crippen LogP contribution in [0.5, 0.6) is 0 Å². The second kappa shape index (κ2) is 9.07. The molecule has 5 rings (SSSR count). The van der Waals surface area contributed by atoms with Crippen molar-refractivity contribution >= 4 is 57.4 Å². The number of imide groups is 1. The molecule has 4 aromatic rings. The van der Waals surface area contributed by atoms with Crippen molar-refractivity contribution in [2.45, 2.75) is 16.6 Å².